The van der Waals surface area contributed by atoms with Crippen molar-refractivity contribution in [3.05, 3.63) is 200 Å². The van der Waals surface area contributed by atoms with Gasteiger partial charge in [-0.05, 0) is 60.0 Å². The number of aromatic nitrogens is 5. The van der Waals surface area contributed by atoms with E-state index in [0.29, 0.717) is 5.95 Å². The van der Waals surface area contributed by atoms with Crippen LogP contribution in [0.1, 0.15) is 0 Å². The molecule has 59 heavy (non-hydrogen) atoms. The van der Waals surface area contributed by atoms with Crippen molar-refractivity contribution in [2.75, 3.05) is 0 Å². The van der Waals surface area contributed by atoms with Gasteiger partial charge in [0.1, 0.15) is 0 Å². The van der Waals surface area contributed by atoms with Crippen molar-refractivity contribution < 1.29 is 0 Å². The van der Waals surface area contributed by atoms with E-state index in [-0.39, 0.29) is 0 Å². The molecule has 5 heteroatoms. The smallest absolute Gasteiger partial charge is 0.235 e. The first-order valence-corrected chi connectivity index (χ1v) is 20.1. The van der Waals surface area contributed by atoms with Crippen molar-refractivity contribution in [3.8, 4) is 28.6 Å². The van der Waals surface area contributed by atoms with Gasteiger partial charge in [-0.3, -0.25) is 4.57 Å². The molecule has 0 unspecified atom stereocenters. The average Bonchev–Trinajstić information content (AvgIpc) is 3.96. The Morgan fingerprint density at radius 3 is 1.46 bits per heavy atom. The Kier molecular flexibility index (Phi) is 6.66. The Labute approximate surface area is 338 Å². The Morgan fingerprint density at radius 2 is 0.780 bits per heavy atom. The van der Waals surface area contributed by atoms with Crippen LogP contribution in [0.25, 0.3) is 116 Å². The second-order valence-corrected chi connectivity index (χ2v) is 15.3. The van der Waals surface area contributed by atoms with Gasteiger partial charge in [0.25, 0.3) is 0 Å². The minimum Gasteiger partial charge on any atom is -0.309 e. The minimum absolute atomic E-state index is 0.640. The van der Waals surface area contributed by atoms with Gasteiger partial charge in [-0.25, -0.2) is 9.97 Å². The third-order valence-corrected chi connectivity index (χ3v) is 12.2. The molecule has 4 heterocycles. The highest BCUT2D eigenvalue weighted by Crippen LogP contribution is 2.50. The van der Waals surface area contributed by atoms with Crippen LogP contribution in [0.2, 0.25) is 0 Å². The lowest BCUT2D eigenvalue weighted by atomic mass is 9.95. The molecule has 13 rings (SSSR count). The lowest BCUT2D eigenvalue weighted by Gasteiger charge is -2.15. The summed E-state index contributed by atoms with van der Waals surface area (Å²) in [6.45, 7) is 0. The fraction of sp³-hybridized carbons (Fsp3) is 0. The number of fused-ring (bicyclic) bond motifs is 15. The molecule has 0 amide bonds. The summed E-state index contributed by atoms with van der Waals surface area (Å²) in [5.74, 6) is 0.640. The van der Waals surface area contributed by atoms with Crippen molar-refractivity contribution in [2.45, 2.75) is 0 Å². The van der Waals surface area contributed by atoms with E-state index in [1.54, 1.807) is 0 Å². The first-order valence-electron chi connectivity index (χ1n) is 20.1. The van der Waals surface area contributed by atoms with Crippen molar-refractivity contribution in [1.82, 2.24) is 23.7 Å². The second kappa shape index (κ2) is 12.2. The molecule has 0 atom stereocenters. The molecule has 0 aliphatic carbocycles. The van der Waals surface area contributed by atoms with Gasteiger partial charge >= 0.3 is 0 Å². The Bertz CT molecular complexity index is 3820. The van der Waals surface area contributed by atoms with Crippen LogP contribution in [-0.4, -0.2) is 23.7 Å². The van der Waals surface area contributed by atoms with Gasteiger partial charge in [-0.1, -0.05) is 146 Å². The summed E-state index contributed by atoms with van der Waals surface area (Å²) in [4.78, 5) is 10.9. The number of benzene rings is 9. The Morgan fingerprint density at radius 1 is 0.288 bits per heavy atom. The van der Waals surface area contributed by atoms with E-state index in [2.05, 4.69) is 214 Å². The van der Waals surface area contributed by atoms with Crippen molar-refractivity contribution >= 4 is 87.1 Å². The zero-order chi connectivity index (χ0) is 38.6. The Hall–Kier alpha value is -8.02. The predicted molar refractivity (Wildman–Crippen MR) is 245 cm³/mol. The fourth-order valence-corrected chi connectivity index (χ4v) is 9.87. The number of para-hydroxylation sites is 6. The summed E-state index contributed by atoms with van der Waals surface area (Å²) in [5.41, 5.74) is 11.9. The highest BCUT2D eigenvalue weighted by atomic mass is 15.2. The molecule has 5 nitrogen and oxygen atoms in total. The summed E-state index contributed by atoms with van der Waals surface area (Å²) in [6, 6.07) is 71.6. The third-order valence-electron chi connectivity index (χ3n) is 12.2. The van der Waals surface area contributed by atoms with Crippen LogP contribution in [-0.2, 0) is 0 Å². The number of hydrogen-bond donors (Lipinski definition) is 0. The zero-order valence-electron chi connectivity index (χ0n) is 31.8. The molecule has 0 N–H and O–H groups in total. The predicted octanol–water partition coefficient (Wildman–Crippen LogP) is 13.7. The molecule has 0 bridgehead atoms. The molecule has 0 fully saturated rings. The van der Waals surface area contributed by atoms with E-state index in [1.165, 1.54) is 48.7 Å². The molecule has 274 valence electrons. The Balaban J connectivity index is 1.32. The largest absolute Gasteiger partial charge is 0.309 e. The molecular weight excluding hydrogens is 719 g/mol. The van der Waals surface area contributed by atoms with Crippen LogP contribution in [0.3, 0.4) is 0 Å². The van der Waals surface area contributed by atoms with Gasteiger partial charge in [0.15, 0.2) is 0 Å². The molecule has 0 radical (unpaired) electrons. The number of nitrogens with zero attached hydrogens (tertiary/aromatic N) is 5. The summed E-state index contributed by atoms with van der Waals surface area (Å²) in [6.07, 6.45) is 0. The monoisotopic (exact) mass is 751 g/mol. The highest BCUT2D eigenvalue weighted by molar-refractivity contribution is 6.42. The molecule has 9 aromatic carbocycles. The maximum absolute atomic E-state index is 5.52. The van der Waals surface area contributed by atoms with Crippen LogP contribution in [0.15, 0.2) is 200 Å². The third kappa shape index (κ3) is 4.44. The van der Waals surface area contributed by atoms with E-state index in [4.69, 9.17) is 9.97 Å². The maximum Gasteiger partial charge on any atom is 0.235 e. The minimum atomic E-state index is 0.640. The fourth-order valence-electron chi connectivity index (χ4n) is 9.87. The molecule has 0 saturated carbocycles. The standard InChI is InChI=1S/C54H33N5/c1-4-18-34(19-5-1)51-37-24-10-14-28-42(37)55-54(56-51)59-45-31-17-11-25-38(45)47-41-32-33-46-48(39-26-12-15-29-43(39)57(46)35-20-6-2-7-21-35)49(41)50-40-27-13-16-30-44(40)58(53(50)52(47)59)36-22-8-3-9-23-36/h1-33H. The summed E-state index contributed by atoms with van der Waals surface area (Å²) in [5, 5.41) is 10.7. The van der Waals surface area contributed by atoms with E-state index in [1.807, 2.05) is 0 Å². The van der Waals surface area contributed by atoms with E-state index >= 15 is 0 Å². The lowest BCUT2D eigenvalue weighted by Crippen LogP contribution is -2.05. The SMILES string of the molecule is c1ccc(-c2nc(-n3c4ccccc4c4c5ccc6c(c7ccccc7n6-c6ccccc6)c5c5c6ccccc6n(-c6ccccc6)c5c43)nc3ccccc23)cc1. The molecule has 0 aliphatic rings. The van der Waals surface area contributed by atoms with Crippen molar-refractivity contribution in [3.63, 3.8) is 0 Å². The van der Waals surface area contributed by atoms with Crippen LogP contribution < -0.4 is 0 Å². The average molecular weight is 752 g/mol. The van der Waals surface area contributed by atoms with Gasteiger partial charge in [-0.2, -0.15) is 0 Å². The number of hydrogen-bond acceptors (Lipinski definition) is 2. The van der Waals surface area contributed by atoms with Gasteiger partial charge in [0, 0.05) is 60.0 Å². The summed E-state index contributed by atoms with van der Waals surface area (Å²) < 4.78 is 7.23. The van der Waals surface area contributed by atoms with Crippen LogP contribution in [0.4, 0.5) is 0 Å². The van der Waals surface area contributed by atoms with Crippen LogP contribution in [0, 0.1) is 0 Å². The van der Waals surface area contributed by atoms with Crippen LogP contribution >= 0.6 is 0 Å². The van der Waals surface area contributed by atoms with Crippen molar-refractivity contribution in [2.24, 2.45) is 0 Å². The first-order chi connectivity index (χ1) is 29.3. The molecule has 0 spiro atoms. The van der Waals surface area contributed by atoms with Crippen molar-refractivity contribution in [1.29, 1.82) is 0 Å². The van der Waals surface area contributed by atoms with E-state index in [0.717, 1.165) is 61.0 Å². The zero-order valence-corrected chi connectivity index (χ0v) is 31.8. The number of rotatable bonds is 4. The van der Waals surface area contributed by atoms with Gasteiger partial charge in [0.2, 0.25) is 5.95 Å². The quantitative estimate of drug-likeness (QED) is 0.180. The molecular formula is C54H33N5. The topological polar surface area (TPSA) is 40.6 Å². The first kappa shape index (κ1) is 32.1. The molecule has 13 aromatic rings. The molecule has 4 aromatic heterocycles. The normalized spacial score (nSPS) is 12.1. The molecule has 0 saturated heterocycles. The van der Waals surface area contributed by atoms with E-state index in [9.17, 15) is 0 Å². The van der Waals surface area contributed by atoms with E-state index < -0.39 is 0 Å². The molecule has 0 aliphatic heterocycles. The summed E-state index contributed by atoms with van der Waals surface area (Å²) in [7, 11) is 0. The van der Waals surface area contributed by atoms with Gasteiger partial charge < -0.3 is 9.13 Å². The second-order valence-electron chi connectivity index (χ2n) is 15.3. The highest BCUT2D eigenvalue weighted by Gasteiger charge is 2.28. The van der Waals surface area contributed by atoms with Gasteiger partial charge in [0.05, 0.1) is 44.3 Å². The maximum atomic E-state index is 5.52. The summed E-state index contributed by atoms with van der Waals surface area (Å²) >= 11 is 0. The van der Waals surface area contributed by atoms with Crippen LogP contribution in [0.5, 0.6) is 0 Å². The lowest BCUT2D eigenvalue weighted by molar-refractivity contribution is 1.01. The van der Waals surface area contributed by atoms with Gasteiger partial charge in [-0.15, -0.1) is 0 Å².